The van der Waals surface area contributed by atoms with E-state index in [4.69, 9.17) is 11.6 Å². The van der Waals surface area contributed by atoms with Crippen LogP contribution in [-0.2, 0) is 13.5 Å². The van der Waals surface area contributed by atoms with Crippen molar-refractivity contribution in [2.45, 2.75) is 12.5 Å². The van der Waals surface area contributed by atoms with Crippen LogP contribution < -0.4 is 17.0 Å². The van der Waals surface area contributed by atoms with Crippen LogP contribution in [0.15, 0.2) is 29.0 Å². The Morgan fingerprint density at radius 2 is 2.22 bits per heavy atom. The van der Waals surface area contributed by atoms with E-state index >= 15 is 0 Å². The molecule has 0 aliphatic rings. The molecule has 0 spiro atoms. The predicted molar refractivity (Wildman–Crippen MR) is 73.3 cm³/mol. The summed E-state index contributed by atoms with van der Waals surface area (Å²) in [6.07, 6.45) is 4.13. The Balaban J connectivity index is 2.19. The highest BCUT2D eigenvalue weighted by Crippen LogP contribution is 2.22. The first-order valence-corrected chi connectivity index (χ1v) is 6.25. The number of hydrogen-bond acceptors (Lipinski definition) is 5. The second kappa shape index (κ2) is 5.47. The van der Waals surface area contributed by atoms with Crippen molar-refractivity contribution in [3.63, 3.8) is 0 Å². The third-order valence-electron chi connectivity index (χ3n) is 2.79. The van der Waals surface area contributed by atoms with Gasteiger partial charge in [0.25, 0.3) is 0 Å². The fourth-order valence-electron chi connectivity index (χ4n) is 1.73. The van der Waals surface area contributed by atoms with E-state index in [0.29, 0.717) is 12.2 Å². The summed E-state index contributed by atoms with van der Waals surface area (Å²) in [5.74, 6) is 6.19. The molecule has 1 atom stereocenters. The van der Waals surface area contributed by atoms with Gasteiger partial charge >= 0.3 is 0 Å². The molecule has 2 aromatic heterocycles. The number of hydrogen-bond donors (Lipinski definition) is 3. The van der Waals surface area contributed by atoms with E-state index in [1.54, 1.807) is 24.1 Å². The molecule has 0 saturated carbocycles. The number of nitrogens with one attached hydrogen (secondary N) is 1. The normalized spacial score (nSPS) is 12.6. The predicted octanol–water partition coefficient (Wildman–Crippen LogP) is 0.907. The quantitative estimate of drug-likeness (QED) is 0.576. The largest absolute Gasteiger partial charge is 0.384 e. The van der Waals surface area contributed by atoms with Gasteiger partial charge in [-0.2, -0.15) is 5.10 Å². The molecule has 2 heterocycles. The second-order valence-corrected chi connectivity index (χ2v) is 4.92. The van der Waals surface area contributed by atoms with Crippen molar-refractivity contribution in [1.82, 2.24) is 20.2 Å². The van der Waals surface area contributed by atoms with Crippen molar-refractivity contribution in [3.05, 3.63) is 40.3 Å². The molecule has 0 radical (unpaired) electrons. The van der Waals surface area contributed by atoms with E-state index in [1.165, 1.54) is 0 Å². The molecule has 0 amide bonds. The number of nitrogens with zero attached hydrogens (tertiary/aromatic N) is 3. The molecule has 7 heteroatoms. The van der Waals surface area contributed by atoms with Gasteiger partial charge in [0.15, 0.2) is 0 Å². The minimum Gasteiger partial charge on any atom is -0.384 e. The maximum absolute atomic E-state index is 5.93. The molecule has 0 saturated heterocycles. The number of rotatable bonds is 4. The number of nitrogen functional groups attached to an aromatic ring is 1. The average Bonchev–Trinajstić information content (AvgIpc) is 2.70. The molecule has 0 aliphatic heterocycles. The van der Waals surface area contributed by atoms with Crippen molar-refractivity contribution < 1.29 is 0 Å². The van der Waals surface area contributed by atoms with Gasteiger partial charge in [-0.25, -0.2) is 0 Å². The van der Waals surface area contributed by atoms with Gasteiger partial charge in [-0.1, -0.05) is 0 Å². The van der Waals surface area contributed by atoms with Crippen LogP contribution in [-0.4, -0.2) is 14.8 Å². The lowest BCUT2D eigenvalue weighted by Gasteiger charge is -2.14. The number of pyridine rings is 1. The topological polar surface area (TPSA) is 94.8 Å². The summed E-state index contributed by atoms with van der Waals surface area (Å²) in [6.45, 7) is 0. The summed E-state index contributed by atoms with van der Waals surface area (Å²) in [4.78, 5) is 4.32. The van der Waals surface area contributed by atoms with Crippen molar-refractivity contribution in [2.24, 2.45) is 12.9 Å². The number of aromatic nitrogens is 3. The van der Waals surface area contributed by atoms with Crippen molar-refractivity contribution in [1.29, 1.82) is 0 Å². The monoisotopic (exact) mass is 310 g/mol. The fraction of sp³-hybridized carbons (Fsp3) is 0.273. The van der Waals surface area contributed by atoms with Crippen molar-refractivity contribution in [3.8, 4) is 0 Å². The Morgan fingerprint density at radius 3 is 2.72 bits per heavy atom. The Morgan fingerprint density at radius 1 is 1.44 bits per heavy atom. The lowest BCUT2D eigenvalue weighted by Crippen LogP contribution is -2.30. The summed E-state index contributed by atoms with van der Waals surface area (Å²) >= 11 is 3.35. The Hall–Kier alpha value is -1.44. The molecule has 0 aliphatic carbocycles. The number of anilines is 1. The Kier molecular flexibility index (Phi) is 3.95. The van der Waals surface area contributed by atoms with Gasteiger partial charge in [0, 0.05) is 35.4 Å². The zero-order valence-electron chi connectivity index (χ0n) is 9.97. The van der Waals surface area contributed by atoms with Crippen molar-refractivity contribution in [2.75, 3.05) is 5.73 Å². The standard InChI is InChI=1S/C11H15BrN6/c1-18-11(13)9(6-16-18)10(17-14)4-8-3-2-7(12)5-15-8/h2-3,5-6,10,17H,4,13-14H2,1H3. The Bertz CT molecular complexity index is 521. The molecule has 2 aromatic rings. The number of aryl methyl sites for hydroxylation is 1. The molecule has 96 valence electrons. The van der Waals surface area contributed by atoms with Crippen LogP contribution in [0.1, 0.15) is 17.3 Å². The lowest BCUT2D eigenvalue weighted by molar-refractivity contribution is 0.547. The smallest absolute Gasteiger partial charge is 0.126 e. The molecular weight excluding hydrogens is 296 g/mol. The Labute approximate surface area is 113 Å². The molecule has 1 unspecified atom stereocenters. The van der Waals surface area contributed by atoms with E-state index < -0.39 is 0 Å². The third kappa shape index (κ3) is 2.69. The molecule has 5 N–H and O–H groups in total. The molecule has 0 fully saturated rings. The number of nitrogens with two attached hydrogens (primary N) is 2. The second-order valence-electron chi connectivity index (χ2n) is 4.00. The molecule has 2 rings (SSSR count). The van der Waals surface area contributed by atoms with Crippen LogP contribution in [0, 0.1) is 0 Å². The highest BCUT2D eigenvalue weighted by atomic mass is 79.9. The van der Waals surface area contributed by atoms with Crippen LogP contribution in [0.25, 0.3) is 0 Å². The average molecular weight is 311 g/mol. The van der Waals surface area contributed by atoms with Gasteiger partial charge in [-0.05, 0) is 28.1 Å². The summed E-state index contributed by atoms with van der Waals surface area (Å²) < 4.78 is 2.57. The highest BCUT2D eigenvalue weighted by molar-refractivity contribution is 9.10. The molecular formula is C11H15BrN6. The summed E-state index contributed by atoms with van der Waals surface area (Å²) in [7, 11) is 1.80. The zero-order valence-corrected chi connectivity index (χ0v) is 11.6. The van der Waals surface area contributed by atoms with Gasteiger partial charge < -0.3 is 5.73 Å². The third-order valence-corrected chi connectivity index (χ3v) is 3.26. The lowest BCUT2D eigenvalue weighted by atomic mass is 10.1. The molecule has 0 bridgehead atoms. The maximum Gasteiger partial charge on any atom is 0.126 e. The maximum atomic E-state index is 5.93. The molecule has 18 heavy (non-hydrogen) atoms. The van der Waals surface area contributed by atoms with Gasteiger partial charge in [0.05, 0.1) is 12.2 Å². The van der Waals surface area contributed by atoms with Crippen LogP contribution in [0.4, 0.5) is 5.82 Å². The van der Waals surface area contributed by atoms with E-state index in [0.717, 1.165) is 15.7 Å². The van der Waals surface area contributed by atoms with Crippen LogP contribution >= 0.6 is 15.9 Å². The van der Waals surface area contributed by atoms with Gasteiger partial charge in [-0.15, -0.1) is 0 Å². The van der Waals surface area contributed by atoms with Gasteiger partial charge in [0.1, 0.15) is 5.82 Å². The first-order valence-electron chi connectivity index (χ1n) is 5.45. The van der Waals surface area contributed by atoms with E-state index in [2.05, 4.69) is 31.4 Å². The molecule has 6 nitrogen and oxygen atoms in total. The van der Waals surface area contributed by atoms with E-state index in [9.17, 15) is 0 Å². The summed E-state index contributed by atoms with van der Waals surface area (Å²) in [5.41, 5.74) is 10.5. The molecule has 0 aromatic carbocycles. The summed E-state index contributed by atoms with van der Waals surface area (Å²) in [5, 5.41) is 4.11. The summed E-state index contributed by atoms with van der Waals surface area (Å²) in [6, 6.07) is 3.79. The van der Waals surface area contributed by atoms with Crippen LogP contribution in [0.3, 0.4) is 0 Å². The van der Waals surface area contributed by atoms with Gasteiger partial charge in [-0.3, -0.25) is 20.9 Å². The minimum atomic E-state index is -0.104. The first kappa shape index (κ1) is 13.0. The zero-order chi connectivity index (χ0) is 13.1. The van der Waals surface area contributed by atoms with Gasteiger partial charge in [0.2, 0.25) is 0 Å². The highest BCUT2D eigenvalue weighted by Gasteiger charge is 2.17. The van der Waals surface area contributed by atoms with E-state index in [-0.39, 0.29) is 6.04 Å². The van der Waals surface area contributed by atoms with Crippen LogP contribution in [0.2, 0.25) is 0 Å². The SMILES string of the molecule is Cn1ncc(C(Cc2ccc(Br)cn2)NN)c1N. The van der Waals surface area contributed by atoms with Crippen LogP contribution in [0.5, 0.6) is 0 Å². The van der Waals surface area contributed by atoms with Crippen molar-refractivity contribution >= 4 is 21.7 Å². The minimum absolute atomic E-state index is 0.104. The fourth-order valence-corrected chi connectivity index (χ4v) is 1.96. The van der Waals surface area contributed by atoms with E-state index in [1.807, 2.05) is 12.1 Å². The number of hydrazine groups is 1. The first-order chi connectivity index (χ1) is 8.61. The number of halogens is 1.